The lowest BCUT2D eigenvalue weighted by molar-refractivity contribution is 0.872. The van der Waals surface area contributed by atoms with Crippen molar-refractivity contribution in [2.45, 2.75) is 6.54 Å². The number of nitrogens with zero attached hydrogens (tertiary/aromatic N) is 1. The summed E-state index contributed by atoms with van der Waals surface area (Å²) in [5.41, 5.74) is 3.83. The van der Waals surface area contributed by atoms with Gasteiger partial charge in [0, 0.05) is 11.0 Å². The molecule has 3 heteroatoms. The molecule has 1 aliphatic rings. The van der Waals surface area contributed by atoms with E-state index in [0.717, 1.165) is 17.7 Å². The molecule has 0 radical (unpaired) electrons. The first kappa shape index (κ1) is 10.7. The lowest BCUT2D eigenvalue weighted by Crippen LogP contribution is -2.21. The van der Waals surface area contributed by atoms with Gasteiger partial charge < -0.3 is 10.2 Å². The Morgan fingerprint density at radius 2 is 2.00 bits per heavy atom. The highest BCUT2D eigenvalue weighted by atomic mass is 79.9. The standard InChI is InChI=1S/C14H13BrN2/c15-12-5-3-4-11(8-12)9-17-10-16-13-6-1-2-7-14(13)17/h1-8,16H,9-10H2. The minimum Gasteiger partial charge on any atom is -0.366 e. The topological polar surface area (TPSA) is 15.3 Å². The van der Waals surface area contributed by atoms with Crippen LogP contribution >= 0.6 is 15.9 Å². The highest BCUT2D eigenvalue weighted by Gasteiger charge is 2.17. The van der Waals surface area contributed by atoms with Crippen LogP contribution in [0.5, 0.6) is 0 Å². The number of hydrogen-bond donors (Lipinski definition) is 1. The number of halogens is 1. The predicted molar refractivity (Wildman–Crippen MR) is 75.3 cm³/mol. The molecule has 0 atom stereocenters. The monoisotopic (exact) mass is 288 g/mol. The van der Waals surface area contributed by atoms with E-state index in [9.17, 15) is 0 Å². The van der Waals surface area contributed by atoms with Crippen LogP contribution in [0.4, 0.5) is 11.4 Å². The van der Waals surface area contributed by atoms with Gasteiger partial charge >= 0.3 is 0 Å². The summed E-state index contributed by atoms with van der Waals surface area (Å²) in [5, 5.41) is 3.40. The van der Waals surface area contributed by atoms with Crippen molar-refractivity contribution in [3.8, 4) is 0 Å². The highest BCUT2D eigenvalue weighted by molar-refractivity contribution is 9.10. The molecule has 0 fully saturated rings. The van der Waals surface area contributed by atoms with Gasteiger partial charge in [-0.2, -0.15) is 0 Å². The van der Waals surface area contributed by atoms with Crippen molar-refractivity contribution < 1.29 is 0 Å². The number of fused-ring (bicyclic) bond motifs is 1. The van der Waals surface area contributed by atoms with Gasteiger partial charge in [0.15, 0.2) is 0 Å². The second kappa shape index (κ2) is 4.41. The number of nitrogens with one attached hydrogen (secondary N) is 1. The Hall–Kier alpha value is -1.48. The Labute approximate surface area is 109 Å². The Morgan fingerprint density at radius 3 is 2.88 bits per heavy atom. The maximum Gasteiger partial charge on any atom is 0.0881 e. The minimum absolute atomic E-state index is 0.881. The van der Waals surface area contributed by atoms with Gasteiger partial charge in [0.25, 0.3) is 0 Å². The molecule has 3 rings (SSSR count). The van der Waals surface area contributed by atoms with E-state index in [1.165, 1.54) is 16.9 Å². The fraction of sp³-hybridized carbons (Fsp3) is 0.143. The third-order valence-corrected chi connectivity index (χ3v) is 3.46. The molecule has 1 N–H and O–H groups in total. The SMILES string of the molecule is Brc1cccc(CN2CNc3ccccc32)c1. The largest absolute Gasteiger partial charge is 0.366 e. The molecule has 0 amide bonds. The molecular weight excluding hydrogens is 276 g/mol. The van der Waals surface area contributed by atoms with Crippen LogP contribution in [0, 0.1) is 0 Å². The summed E-state index contributed by atoms with van der Waals surface area (Å²) in [7, 11) is 0. The molecule has 0 saturated carbocycles. The van der Waals surface area contributed by atoms with Crippen LogP contribution in [0.1, 0.15) is 5.56 Å². The van der Waals surface area contributed by atoms with E-state index in [1.807, 2.05) is 0 Å². The summed E-state index contributed by atoms with van der Waals surface area (Å²) in [6.07, 6.45) is 0. The molecule has 0 bridgehead atoms. The van der Waals surface area contributed by atoms with Crippen molar-refractivity contribution in [1.82, 2.24) is 0 Å². The lowest BCUT2D eigenvalue weighted by Gasteiger charge is -2.18. The molecule has 2 nitrogen and oxygen atoms in total. The molecule has 17 heavy (non-hydrogen) atoms. The van der Waals surface area contributed by atoms with Gasteiger partial charge in [0.1, 0.15) is 0 Å². The number of anilines is 2. The molecule has 0 aromatic heterocycles. The summed E-state index contributed by atoms with van der Waals surface area (Å²) in [6.45, 7) is 1.81. The molecule has 1 heterocycles. The summed E-state index contributed by atoms with van der Waals surface area (Å²) < 4.78 is 1.13. The van der Waals surface area contributed by atoms with Crippen molar-refractivity contribution in [3.63, 3.8) is 0 Å². The third-order valence-electron chi connectivity index (χ3n) is 2.97. The van der Waals surface area contributed by atoms with Gasteiger partial charge in [-0.1, -0.05) is 40.2 Å². The van der Waals surface area contributed by atoms with E-state index in [0.29, 0.717) is 0 Å². The third kappa shape index (κ3) is 2.15. The normalized spacial score (nSPS) is 13.4. The summed E-state index contributed by atoms with van der Waals surface area (Å²) in [6, 6.07) is 16.9. The zero-order chi connectivity index (χ0) is 11.7. The van der Waals surface area contributed by atoms with E-state index >= 15 is 0 Å². The molecule has 0 aliphatic carbocycles. The fourth-order valence-corrected chi connectivity index (χ4v) is 2.61. The van der Waals surface area contributed by atoms with Gasteiger partial charge in [-0.25, -0.2) is 0 Å². The van der Waals surface area contributed by atoms with Crippen molar-refractivity contribution in [2.24, 2.45) is 0 Å². The van der Waals surface area contributed by atoms with Crippen LogP contribution in [0.15, 0.2) is 53.0 Å². The number of para-hydroxylation sites is 2. The quantitative estimate of drug-likeness (QED) is 0.903. The molecule has 2 aromatic rings. The summed E-state index contributed by atoms with van der Waals surface area (Å²) in [5.74, 6) is 0. The van der Waals surface area contributed by atoms with Crippen LogP contribution in [-0.4, -0.2) is 6.67 Å². The molecule has 2 aromatic carbocycles. The molecule has 86 valence electrons. The Kier molecular flexibility index (Phi) is 2.77. The van der Waals surface area contributed by atoms with Crippen LogP contribution in [0.3, 0.4) is 0 Å². The Bertz CT molecular complexity index is 539. The van der Waals surface area contributed by atoms with Crippen molar-refractivity contribution in [1.29, 1.82) is 0 Å². The van der Waals surface area contributed by atoms with Crippen LogP contribution < -0.4 is 10.2 Å². The van der Waals surface area contributed by atoms with E-state index in [2.05, 4.69) is 74.7 Å². The highest BCUT2D eigenvalue weighted by Crippen LogP contribution is 2.31. The maximum absolute atomic E-state index is 3.51. The first-order chi connectivity index (χ1) is 8.33. The molecule has 0 unspecified atom stereocenters. The van der Waals surface area contributed by atoms with Crippen LogP contribution in [0.25, 0.3) is 0 Å². The van der Waals surface area contributed by atoms with Gasteiger partial charge in [-0.3, -0.25) is 0 Å². The Balaban J connectivity index is 1.84. The van der Waals surface area contributed by atoms with Crippen molar-refractivity contribution in [3.05, 3.63) is 58.6 Å². The maximum atomic E-state index is 3.51. The fourth-order valence-electron chi connectivity index (χ4n) is 2.16. The first-order valence-electron chi connectivity index (χ1n) is 5.65. The van der Waals surface area contributed by atoms with Crippen LogP contribution in [0.2, 0.25) is 0 Å². The minimum atomic E-state index is 0.881. The van der Waals surface area contributed by atoms with Crippen molar-refractivity contribution >= 4 is 27.3 Å². The number of rotatable bonds is 2. The van der Waals surface area contributed by atoms with Crippen molar-refractivity contribution in [2.75, 3.05) is 16.9 Å². The average Bonchev–Trinajstić information content (AvgIpc) is 2.73. The predicted octanol–water partition coefficient (Wildman–Crippen LogP) is 3.84. The summed E-state index contributed by atoms with van der Waals surface area (Å²) >= 11 is 3.51. The van der Waals surface area contributed by atoms with Crippen LogP contribution in [-0.2, 0) is 6.54 Å². The first-order valence-corrected chi connectivity index (χ1v) is 6.44. The number of hydrogen-bond acceptors (Lipinski definition) is 2. The molecular formula is C14H13BrN2. The number of benzene rings is 2. The molecule has 0 saturated heterocycles. The second-order valence-electron chi connectivity index (χ2n) is 4.18. The van der Waals surface area contributed by atoms with E-state index in [4.69, 9.17) is 0 Å². The average molecular weight is 289 g/mol. The second-order valence-corrected chi connectivity index (χ2v) is 5.10. The summed E-state index contributed by atoms with van der Waals surface area (Å²) in [4.78, 5) is 2.34. The molecule has 1 aliphatic heterocycles. The van der Waals surface area contributed by atoms with E-state index < -0.39 is 0 Å². The zero-order valence-corrected chi connectivity index (χ0v) is 10.9. The van der Waals surface area contributed by atoms with Gasteiger partial charge in [-0.05, 0) is 29.8 Å². The molecule has 0 spiro atoms. The lowest BCUT2D eigenvalue weighted by atomic mass is 10.2. The van der Waals surface area contributed by atoms with Gasteiger partial charge in [-0.15, -0.1) is 0 Å². The zero-order valence-electron chi connectivity index (χ0n) is 9.36. The smallest absolute Gasteiger partial charge is 0.0881 e. The van der Waals surface area contributed by atoms with E-state index in [1.54, 1.807) is 0 Å². The van der Waals surface area contributed by atoms with Gasteiger partial charge in [0.2, 0.25) is 0 Å². The van der Waals surface area contributed by atoms with E-state index in [-0.39, 0.29) is 0 Å². The Morgan fingerprint density at radius 1 is 1.12 bits per heavy atom. The van der Waals surface area contributed by atoms with Gasteiger partial charge in [0.05, 0.1) is 18.0 Å².